The average molecular weight is 282 g/mol. The summed E-state index contributed by atoms with van der Waals surface area (Å²) in [6, 6.07) is 0.357. The van der Waals surface area contributed by atoms with Crippen LogP contribution in [0.15, 0.2) is 0 Å². The molecular weight excluding hydrogens is 260 g/mol. The molecular formula is C13H22N4OS. The predicted molar refractivity (Wildman–Crippen MR) is 77.6 cm³/mol. The predicted octanol–water partition coefficient (Wildman–Crippen LogP) is 2.62. The van der Waals surface area contributed by atoms with E-state index in [2.05, 4.69) is 22.4 Å². The van der Waals surface area contributed by atoms with Gasteiger partial charge in [-0.2, -0.15) is 0 Å². The van der Waals surface area contributed by atoms with Gasteiger partial charge < -0.3 is 10.2 Å². The first-order valence-corrected chi connectivity index (χ1v) is 7.78. The Morgan fingerprint density at radius 1 is 1.37 bits per heavy atom. The largest absolute Gasteiger partial charge is 0.360 e. The van der Waals surface area contributed by atoms with E-state index in [-0.39, 0.29) is 5.91 Å². The van der Waals surface area contributed by atoms with Crippen molar-refractivity contribution in [2.45, 2.75) is 45.6 Å². The van der Waals surface area contributed by atoms with E-state index in [4.69, 9.17) is 0 Å². The molecule has 1 amide bonds. The third-order valence-electron chi connectivity index (χ3n) is 3.79. The molecule has 1 N–H and O–H groups in total. The fourth-order valence-corrected chi connectivity index (χ4v) is 3.27. The van der Waals surface area contributed by atoms with Crippen LogP contribution < -0.4 is 5.32 Å². The van der Waals surface area contributed by atoms with E-state index in [0.717, 1.165) is 30.4 Å². The lowest BCUT2D eigenvalue weighted by Gasteiger charge is -2.33. The number of carbonyl (C=O) groups excluding carboxylic acids is 1. The standard InChI is InChI=1S/C13H22N4OS/c1-4-14-13-16-15-11(19-13)12(18)17(3)10-7-5-9(2)6-8-10/h9-10H,4-8H2,1-3H3,(H,14,16). The molecule has 1 aromatic heterocycles. The topological polar surface area (TPSA) is 58.1 Å². The molecule has 1 aromatic rings. The molecule has 1 aliphatic carbocycles. The van der Waals surface area contributed by atoms with Crippen molar-refractivity contribution in [3.05, 3.63) is 5.01 Å². The molecule has 106 valence electrons. The third kappa shape index (κ3) is 3.43. The van der Waals surface area contributed by atoms with E-state index in [1.807, 2.05) is 18.9 Å². The van der Waals surface area contributed by atoms with Crippen LogP contribution in [0.25, 0.3) is 0 Å². The Morgan fingerprint density at radius 2 is 2.05 bits per heavy atom. The van der Waals surface area contributed by atoms with Crippen LogP contribution in [0.5, 0.6) is 0 Å². The fourth-order valence-electron chi connectivity index (χ4n) is 2.48. The van der Waals surface area contributed by atoms with Gasteiger partial charge in [-0.05, 0) is 38.5 Å². The number of carbonyl (C=O) groups is 1. The first-order valence-electron chi connectivity index (χ1n) is 6.96. The molecule has 0 saturated heterocycles. The average Bonchev–Trinajstić information content (AvgIpc) is 2.87. The van der Waals surface area contributed by atoms with Crippen LogP contribution in [-0.4, -0.2) is 40.6 Å². The van der Waals surface area contributed by atoms with E-state index in [9.17, 15) is 4.79 Å². The number of nitrogens with one attached hydrogen (secondary N) is 1. The second-order valence-electron chi connectivity index (χ2n) is 5.27. The van der Waals surface area contributed by atoms with Crippen molar-refractivity contribution in [1.82, 2.24) is 15.1 Å². The summed E-state index contributed by atoms with van der Waals surface area (Å²) >= 11 is 1.33. The molecule has 0 unspecified atom stereocenters. The molecule has 1 fully saturated rings. The van der Waals surface area contributed by atoms with E-state index in [1.165, 1.54) is 24.2 Å². The summed E-state index contributed by atoms with van der Waals surface area (Å²) in [5.41, 5.74) is 0. The van der Waals surface area contributed by atoms with Gasteiger partial charge in [0.05, 0.1) is 0 Å². The molecule has 1 saturated carbocycles. The fraction of sp³-hybridized carbons (Fsp3) is 0.769. The van der Waals surface area contributed by atoms with E-state index in [1.54, 1.807) is 0 Å². The summed E-state index contributed by atoms with van der Waals surface area (Å²) in [4.78, 5) is 14.2. The van der Waals surface area contributed by atoms with Gasteiger partial charge >= 0.3 is 0 Å². The molecule has 0 aliphatic heterocycles. The van der Waals surface area contributed by atoms with Crippen LogP contribution in [-0.2, 0) is 0 Å². The number of rotatable bonds is 4. The minimum Gasteiger partial charge on any atom is -0.360 e. The van der Waals surface area contributed by atoms with E-state index < -0.39 is 0 Å². The molecule has 0 aromatic carbocycles. The maximum Gasteiger partial charge on any atom is 0.284 e. The lowest BCUT2D eigenvalue weighted by atomic mass is 9.87. The second-order valence-corrected chi connectivity index (χ2v) is 6.25. The molecule has 5 nitrogen and oxygen atoms in total. The Kier molecular flexibility index (Phi) is 4.74. The Labute approximate surface area is 118 Å². The number of nitrogens with zero attached hydrogens (tertiary/aromatic N) is 3. The molecule has 1 heterocycles. The molecule has 1 aliphatic rings. The highest BCUT2D eigenvalue weighted by Crippen LogP contribution is 2.27. The summed E-state index contributed by atoms with van der Waals surface area (Å²) in [7, 11) is 1.89. The van der Waals surface area contributed by atoms with Gasteiger partial charge in [0.2, 0.25) is 10.1 Å². The number of hydrogen-bond acceptors (Lipinski definition) is 5. The molecule has 0 radical (unpaired) electrons. The Morgan fingerprint density at radius 3 is 2.68 bits per heavy atom. The lowest BCUT2D eigenvalue weighted by molar-refractivity contribution is 0.0678. The smallest absolute Gasteiger partial charge is 0.284 e. The molecule has 0 bridgehead atoms. The molecule has 19 heavy (non-hydrogen) atoms. The summed E-state index contributed by atoms with van der Waals surface area (Å²) in [5.74, 6) is 0.794. The summed E-state index contributed by atoms with van der Waals surface area (Å²) < 4.78 is 0. The van der Waals surface area contributed by atoms with Crippen molar-refractivity contribution in [2.75, 3.05) is 18.9 Å². The SMILES string of the molecule is CCNc1nnc(C(=O)N(C)C2CCC(C)CC2)s1. The van der Waals surface area contributed by atoms with Crippen LogP contribution in [0.4, 0.5) is 5.13 Å². The van der Waals surface area contributed by atoms with E-state index >= 15 is 0 Å². The van der Waals surface area contributed by atoms with Gasteiger partial charge in [0.1, 0.15) is 0 Å². The second kappa shape index (κ2) is 6.32. The van der Waals surface area contributed by atoms with Crippen molar-refractivity contribution < 1.29 is 4.79 Å². The lowest BCUT2D eigenvalue weighted by Crippen LogP contribution is -2.39. The normalized spacial score (nSPS) is 23.1. The maximum absolute atomic E-state index is 12.3. The number of aromatic nitrogens is 2. The molecule has 0 atom stereocenters. The first kappa shape index (κ1) is 14.2. The highest BCUT2D eigenvalue weighted by Gasteiger charge is 2.27. The summed E-state index contributed by atoms with van der Waals surface area (Å²) in [6.45, 7) is 5.07. The maximum atomic E-state index is 12.3. The number of anilines is 1. The molecule has 6 heteroatoms. The summed E-state index contributed by atoms with van der Waals surface area (Å²) in [6.07, 6.45) is 4.62. The minimum atomic E-state index is 0.00112. The Hall–Kier alpha value is -1.17. The van der Waals surface area contributed by atoms with Crippen molar-refractivity contribution >= 4 is 22.4 Å². The van der Waals surface area contributed by atoms with Crippen LogP contribution in [0.2, 0.25) is 0 Å². The van der Waals surface area contributed by atoms with E-state index in [0.29, 0.717) is 11.0 Å². The van der Waals surface area contributed by atoms with Gasteiger partial charge in [-0.1, -0.05) is 18.3 Å². The van der Waals surface area contributed by atoms with Crippen molar-refractivity contribution in [3.8, 4) is 0 Å². The zero-order valence-corrected chi connectivity index (χ0v) is 12.7. The van der Waals surface area contributed by atoms with Gasteiger partial charge in [-0.3, -0.25) is 4.79 Å². The quantitative estimate of drug-likeness (QED) is 0.922. The van der Waals surface area contributed by atoms with Gasteiger partial charge in [0.25, 0.3) is 5.91 Å². The number of hydrogen-bond donors (Lipinski definition) is 1. The molecule has 0 spiro atoms. The van der Waals surface area contributed by atoms with Crippen molar-refractivity contribution in [1.29, 1.82) is 0 Å². The highest BCUT2D eigenvalue weighted by molar-refractivity contribution is 7.17. The van der Waals surface area contributed by atoms with Crippen LogP contribution >= 0.6 is 11.3 Å². The van der Waals surface area contributed by atoms with Crippen LogP contribution in [0, 0.1) is 5.92 Å². The van der Waals surface area contributed by atoms with Crippen molar-refractivity contribution in [3.63, 3.8) is 0 Å². The summed E-state index contributed by atoms with van der Waals surface area (Å²) in [5, 5.41) is 12.2. The number of amides is 1. The molecule has 2 rings (SSSR count). The van der Waals surface area contributed by atoms with Crippen LogP contribution in [0.1, 0.15) is 49.3 Å². The zero-order chi connectivity index (χ0) is 13.8. The Bertz CT molecular complexity index is 426. The Balaban J connectivity index is 1.97. The zero-order valence-electron chi connectivity index (χ0n) is 11.8. The highest BCUT2D eigenvalue weighted by atomic mass is 32.1. The van der Waals surface area contributed by atoms with Gasteiger partial charge in [0.15, 0.2) is 0 Å². The minimum absolute atomic E-state index is 0.00112. The third-order valence-corrected chi connectivity index (χ3v) is 4.66. The first-order chi connectivity index (χ1) is 9.11. The van der Waals surface area contributed by atoms with Crippen molar-refractivity contribution in [2.24, 2.45) is 5.92 Å². The monoisotopic (exact) mass is 282 g/mol. The van der Waals surface area contributed by atoms with Crippen LogP contribution in [0.3, 0.4) is 0 Å². The van der Waals surface area contributed by atoms with Gasteiger partial charge in [-0.15, -0.1) is 10.2 Å². The van der Waals surface area contributed by atoms with Gasteiger partial charge in [0, 0.05) is 19.6 Å². The van der Waals surface area contributed by atoms with Gasteiger partial charge in [-0.25, -0.2) is 0 Å².